The molecule has 0 bridgehead atoms. The Kier molecular flexibility index (Phi) is 4.99. The second-order valence-electron chi connectivity index (χ2n) is 6.63. The van der Waals surface area contributed by atoms with Crippen LogP contribution < -0.4 is 10.1 Å². The third-order valence-electron chi connectivity index (χ3n) is 3.47. The lowest BCUT2D eigenvalue weighted by atomic mass is 9.79. The average molecular weight is 265 g/mol. The fourth-order valence-electron chi connectivity index (χ4n) is 2.17. The highest BCUT2D eigenvalue weighted by Crippen LogP contribution is 2.35. The van der Waals surface area contributed by atoms with Crippen LogP contribution in [0.3, 0.4) is 0 Å². The van der Waals surface area contributed by atoms with Crippen LogP contribution in [0.2, 0.25) is 0 Å². The molecule has 0 heterocycles. The molecule has 108 valence electrons. The second kappa shape index (κ2) is 5.93. The van der Waals surface area contributed by atoms with E-state index < -0.39 is 0 Å². The monoisotopic (exact) mass is 265 g/mol. The van der Waals surface area contributed by atoms with Crippen molar-refractivity contribution < 1.29 is 9.84 Å². The maximum absolute atomic E-state index is 8.94. The predicted octanol–water partition coefficient (Wildman–Crippen LogP) is 2.81. The molecule has 0 atom stereocenters. The second-order valence-corrected chi connectivity index (χ2v) is 6.63. The van der Waals surface area contributed by atoms with Crippen LogP contribution >= 0.6 is 0 Å². The van der Waals surface area contributed by atoms with Gasteiger partial charge >= 0.3 is 0 Å². The fourth-order valence-corrected chi connectivity index (χ4v) is 2.17. The summed E-state index contributed by atoms with van der Waals surface area (Å²) in [5.41, 5.74) is 2.47. The number of rotatable bonds is 5. The van der Waals surface area contributed by atoms with E-state index in [2.05, 4.69) is 52.1 Å². The Morgan fingerprint density at radius 1 is 1.16 bits per heavy atom. The first-order valence-electron chi connectivity index (χ1n) is 6.73. The van der Waals surface area contributed by atoms with Crippen molar-refractivity contribution in [3.8, 4) is 5.75 Å². The van der Waals surface area contributed by atoms with Gasteiger partial charge in [0.15, 0.2) is 0 Å². The summed E-state index contributed by atoms with van der Waals surface area (Å²) in [6, 6.07) is 6.38. The molecule has 2 N–H and O–H groups in total. The lowest BCUT2D eigenvalue weighted by molar-refractivity contribution is 0.246. The van der Waals surface area contributed by atoms with E-state index in [-0.39, 0.29) is 17.6 Å². The van der Waals surface area contributed by atoms with Gasteiger partial charge in [-0.15, -0.1) is 0 Å². The van der Waals surface area contributed by atoms with Crippen molar-refractivity contribution in [2.45, 2.75) is 45.4 Å². The molecular formula is C16H27NO2. The predicted molar refractivity (Wildman–Crippen MR) is 79.8 cm³/mol. The first kappa shape index (κ1) is 16.0. The van der Waals surface area contributed by atoms with Crippen molar-refractivity contribution in [2.75, 3.05) is 20.4 Å². The van der Waals surface area contributed by atoms with Crippen LogP contribution in [-0.2, 0) is 10.8 Å². The molecule has 0 fully saturated rings. The zero-order valence-corrected chi connectivity index (χ0v) is 13.0. The zero-order valence-electron chi connectivity index (χ0n) is 13.0. The Hall–Kier alpha value is -1.06. The molecule has 0 aliphatic carbocycles. The van der Waals surface area contributed by atoms with Crippen molar-refractivity contribution in [2.24, 2.45) is 0 Å². The van der Waals surface area contributed by atoms with E-state index in [1.807, 2.05) is 6.07 Å². The molecule has 1 rings (SSSR count). The van der Waals surface area contributed by atoms with Gasteiger partial charge in [0, 0.05) is 17.5 Å². The summed E-state index contributed by atoms with van der Waals surface area (Å²) in [6.07, 6.45) is 0. The highest BCUT2D eigenvalue weighted by Gasteiger charge is 2.26. The van der Waals surface area contributed by atoms with Crippen molar-refractivity contribution >= 4 is 0 Å². The minimum absolute atomic E-state index is 0.00922. The first-order chi connectivity index (χ1) is 8.72. The van der Waals surface area contributed by atoms with Crippen LogP contribution in [0.5, 0.6) is 5.75 Å². The number of hydrogen-bond acceptors (Lipinski definition) is 3. The van der Waals surface area contributed by atoms with Crippen molar-refractivity contribution in [1.82, 2.24) is 5.32 Å². The molecule has 3 heteroatoms. The third-order valence-corrected chi connectivity index (χ3v) is 3.47. The summed E-state index contributed by atoms with van der Waals surface area (Å²) in [7, 11) is 1.70. The Bertz CT molecular complexity index is 419. The summed E-state index contributed by atoms with van der Waals surface area (Å²) in [5.74, 6) is 0.901. The van der Waals surface area contributed by atoms with Gasteiger partial charge in [-0.3, -0.25) is 5.32 Å². The van der Waals surface area contributed by atoms with Gasteiger partial charge in [0.05, 0.1) is 13.8 Å². The van der Waals surface area contributed by atoms with E-state index >= 15 is 0 Å². The van der Waals surface area contributed by atoms with E-state index in [1.54, 1.807) is 7.11 Å². The molecule has 1 aromatic rings. The molecule has 0 unspecified atom stereocenters. The molecule has 0 aromatic heterocycles. The molecule has 0 amide bonds. The Labute approximate surface area is 117 Å². The van der Waals surface area contributed by atoms with Gasteiger partial charge in [-0.1, -0.05) is 46.8 Å². The number of benzene rings is 1. The van der Waals surface area contributed by atoms with E-state index in [4.69, 9.17) is 9.84 Å². The lowest BCUT2D eigenvalue weighted by Gasteiger charge is -2.30. The minimum Gasteiger partial charge on any atom is -0.496 e. The zero-order chi connectivity index (χ0) is 14.7. The number of aliphatic hydroxyl groups is 1. The van der Waals surface area contributed by atoms with Crippen LogP contribution in [0, 0.1) is 0 Å². The minimum atomic E-state index is -0.102. The van der Waals surface area contributed by atoms with E-state index in [0.29, 0.717) is 6.54 Å². The highest BCUT2D eigenvalue weighted by molar-refractivity contribution is 5.44. The molecule has 0 radical (unpaired) electrons. The summed E-state index contributed by atoms with van der Waals surface area (Å²) >= 11 is 0. The van der Waals surface area contributed by atoms with Crippen LogP contribution in [0.25, 0.3) is 0 Å². The summed E-state index contributed by atoms with van der Waals surface area (Å²) < 4.78 is 5.49. The summed E-state index contributed by atoms with van der Waals surface area (Å²) in [6.45, 7) is 11.6. The maximum atomic E-state index is 8.94. The summed E-state index contributed by atoms with van der Waals surface area (Å²) in [4.78, 5) is 0. The number of methoxy groups -OCH3 is 1. The molecule has 0 saturated heterocycles. The van der Waals surface area contributed by atoms with Crippen LogP contribution in [0.4, 0.5) is 0 Å². The van der Waals surface area contributed by atoms with Crippen molar-refractivity contribution in [3.63, 3.8) is 0 Å². The molecule has 1 aromatic carbocycles. The molecule has 0 saturated carbocycles. The van der Waals surface area contributed by atoms with Gasteiger partial charge in [0.2, 0.25) is 0 Å². The first-order valence-corrected chi connectivity index (χ1v) is 6.73. The highest BCUT2D eigenvalue weighted by atomic mass is 16.5. The molecule has 0 aliphatic rings. The van der Waals surface area contributed by atoms with Crippen molar-refractivity contribution in [3.05, 3.63) is 29.3 Å². The molecule has 0 spiro atoms. The molecular weight excluding hydrogens is 238 g/mol. The standard InChI is InChI=1S/C16H27NO2/c1-15(2,3)12-7-8-14(19-6)13(9-12)16(4,5)10-17-11-18/h7-9,17-18H,10-11H2,1-6H3. The number of nitrogens with one attached hydrogen (secondary N) is 1. The van der Waals surface area contributed by atoms with Crippen LogP contribution in [0.15, 0.2) is 18.2 Å². The lowest BCUT2D eigenvalue weighted by Crippen LogP contribution is -2.34. The number of aliphatic hydroxyl groups excluding tert-OH is 1. The smallest absolute Gasteiger partial charge is 0.122 e. The van der Waals surface area contributed by atoms with Crippen LogP contribution in [-0.4, -0.2) is 25.5 Å². The largest absolute Gasteiger partial charge is 0.496 e. The van der Waals surface area contributed by atoms with Gasteiger partial charge < -0.3 is 9.84 Å². The Morgan fingerprint density at radius 2 is 1.79 bits per heavy atom. The molecule has 19 heavy (non-hydrogen) atoms. The van der Waals surface area contributed by atoms with Gasteiger partial charge in [0.1, 0.15) is 5.75 Å². The van der Waals surface area contributed by atoms with Gasteiger partial charge in [-0.05, 0) is 17.0 Å². The molecule has 0 aliphatic heterocycles. The SMILES string of the molecule is COc1ccc(C(C)(C)C)cc1C(C)(C)CNCO. The number of hydrogen-bond donors (Lipinski definition) is 2. The normalized spacial score (nSPS) is 12.6. The summed E-state index contributed by atoms with van der Waals surface area (Å²) in [5, 5.41) is 11.9. The van der Waals surface area contributed by atoms with E-state index in [1.165, 1.54) is 11.1 Å². The van der Waals surface area contributed by atoms with Crippen molar-refractivity contribution in [1.29, 1.82) is 0 Å². The third kappa shape index (κ3) is 3.95. The van der Waals surface area contributed by atoms with Gasteiger partial charge in [-0.25, -0.2) is 0 Å². The maximum Gasteiger partial charge on any atom is 0.122 e. The van der Waals surface area contributed by atoms with Crippen LogP contribution in [0.1, 0.15) is 45.7 Å². The van der Waals surface area contributed by atoms with Gasteiger partial charge in [0.25, 0.3) is 0 Å². The quantitative estimate of drug-likeness (QED) is 0.804. The average Bonchev–Trinajstić information content (AvgIpc) is 2.34. The van der Waals surface area contributed by atoms with E-state index in [9.17, 15) is 0 Å². The van der Waals surface area contributed by atoms with Gasteiger partial charge in [-0.2, -0.15) is 0 Å². The Morgan fingerprint density at radius 3 is 2.26 bits per heavy atom. The van der Waals surface area contributed by atoms with E-state index in [0.717, 1.165) is 5.75 Å². The topological polar surface area (TPSA) is 41.5 Å². The fraction of sp³-hybridized carbons (Fsp3) is 0.625. The number of ether oxygens (including phenoxy) is 1. The molecule has 3 nitrogen and oxygen atoms in total. The Balaban J connectivity index is 3.22.